The van der Waals surface area contributed by atoms with Gasteiger partial charge >= 0.3 is 5.97 Å². The summed E-state index contributed by atoms with van der Waals surface area (Å²) < 4.78 is 10.7. The lowest BCUT2D eigenvalue weighted by Gasteiger charge is -2.39. The molecule has 2 aromatic rings. The van der Waals surface area contributed by atoms with E-state index in [1.807, 2.05) is 0 Å². The van der Waals surface area contributed by atoms with Crippen LogP contribution in [0.25, 0.3) is 0 Å². The van der Waals surface area contributed by atoms with E-state index in [2.05, 4.69) is 0 Å². The van der Waals surface area contributed by atoms with Crippen LogP contribution in [0, 0.1) is 16.0 Å². The lowest BCUT2D eigenvalue weighted by Crippen LogP contribution is -2.51. The molecule has 146 valence electrons. The molecule has 0 aromatic heterocycles. The van der Waals surface area contributed by atoms with Gasteiger partial charge in [-0.25, -0.2) is 4.79 Å². The molecule has 0 radical (unpaired) electrons. The van der Waals surface area contributed by atoms with Gasteiger partial charge in [0.25, 0.3) is 11.6 Å². The van der Waals surface area contributed by atoms with Gasteiger partial charge < -0.3 is 9.47 Å². The molecular formula is C20H20N2O6. The SMILES string of the molecule is COC(=O)C(c1ccccc1)N1C(=O)C(C(C)C)Oc2cc([N+](=O)[O-])ccc21. The van der Waals surface area contributed by atoms with Crippen LogP contribution in [-0.4, -0.2) is 30.0 Å². The Balaban J connectivity index is 2.20. The van der Waals surface area contributed by atoms with E-state index in [9.17, 15) is 19.7 Å². The molecule has 1 amide bonds. The molecular weight excluding hydrogens is 364 g/mol. The lowest BCUT2D eigenvalue weighted by atomic mass is 9.98. The van der Waals surface area contributed by atoms with E-state index in [0.29, 0.717) is 5.56 Å². The molecule has 1 aliphatic rings. The number of nitro benzene ring substituents is 1. The third-order valence-electron chi connectivity index (χ3n) is 4.55. The average Bonchev–Trinajstić information content (AvgIpc) is 2.69. The molecule has 0 saturated carbocycles. The van der Waals surface area contributed by atoms with Crippen molar-refractivity contribution in [2.24, 2.45) is 5.92 Å². The van der Waals surface area contributed by atoms with E-state index >= 15 is 0 Å². The number of rotatable bonds is 5. The summed E-state index contributed by atoms with van der Waals surface area (Å²) in [4.78, 5) is 37.8. The van der Waals surface area contributed by atoms with Crippen LogP contribution in [0.3, 0.4) is 0 Å². The first-order chi connectivity index (χ1) is 13.3. The number of hydrogen-bond donors (Lipinski definition) is 0. The van der Waals surface area contributed by atoms with Crippen LogP contribution in [-0.2, 0) is 14.3 Å². The van der Waals surface area contributed by atoms with Gasteiger partial charge in [0.1, 0.15) is 0 Å². The molecule has 8 heteroatoms. The Morgan fingerprint density at radius 3 is 2.46 bits per heavy atom. The average molecular weight is 384 g/mol. The van der Waals surface area contributed by atoms with E-state index < -0.39 is 28.9 Å². The van der Waals surface area contributed by atoms with E-state index in [1.165, 1.54) is 30.2 Å². The predicted molar refractivity (Wildman–Crippen MR) is 101 cm³/mol. The summed E-state index contributed by atoms with van der Waals surface area (Å²) in [6, 6.07) is 11.7. The molecule has 0 spiro atoms. The molecule has 0 aliphatic carbocycles. The van der Waals surface area contributed by atoms with Gasteiger partial charge in [-0.2, -0.15) is 0 Å². The van der Waals surface area contributed by atoms with Crippen LogP contribution < -0.4 is 9.64 Å². The van der Waals surface area contributed by atoms with Crippen molar-refractivity contribution >= 4 is 23.3 Å². The van der Waals surface area contributed by atoms with Crippen LogP contribution in [0.2, 0.25) is 0 Å². The maximum atomic E-state index is 13.2. The van der Waals surface area contributed by atoms with Crippen molar-refractivity contribution in [3.63, 3.8) is 0 Å². The lowest BCUT2D eigenvalue weighted by molar-refractivity contribution is -0.384. The van der Waals surface area contributed by atoms with Gasteiger partial charge in [-0.15, -0.1) is 0 Å². The summed E-state index contributed by atoms with van der Waals surface area (Å²) in [5.74, 6) is -1.06. The number of carbonyl (C=O) groups is 2. The highest BCUT2D eigenvalue weighted by atomic mass is 16.6. The monoisotopic (exact) mass is 384 g/mol. The maximum Gasteiger partial charge on any atom is 0.333 e. The van der Waals surface area contributed by atoms with E-state index in [1.54, 1.807) is 44.2 Å². The smallest absolute Gasteiger partial charge is 0.333 e. The summed E-state index contributed by atoms with van der Waals surface area (Å²) in [5.41, 5.74) is 0.688. The second kappa shape index (κ2) is 7.67. The molecule has 2 unspecified atom stereocenters. The summed E-state index contributed by atoms with van der Waals surface area (Å²) in [6.45, 7) is 3.61. The first kappa shape index (κ1) is 19.3. The molecule has 0 fully saturated rings. The van der Waals surface area contributed by atoms with Crippen LogP contribution >= 0.6 is 0 Å². The second-order valence-corrected chi connectivity index (χ2v) is 6.74. The van der Waals surface area contributed by atoms with Crippen molar-refractivity contribution in [1.82, 2.24) is 0 Å². The van der Waals surface area contributed by atoms with Crippen LogP contribution in [0.4, 0.5) is 11.4 Å². The topological polar surface area (TPSA) is 99.0 Å². The highest BCUT2D eigenvalue weighted by Crippen LogP contribution is 2.42. The van der Waals surface area contributed by atoms with Gasteiger partial charge in [0.05, 0.1) is 23.8 Å². The molecule has 1 heterocycles. The minimum atomic E-state index is -1.04. The molecule has 28 heavy (non-hydrogen) atoms. The minimum Gasteiger partial charge on any atom is -0.478 e. The second-order valence-electron chi connectivity index (χ2n) is 6.74. The number of anilines is 1. The van der Waals surface area contributed by atoms with Crippen molar-refractivity contribution in [2.75, 3.05) is 12.0 Å². The number of benzene rings is 2. The largest absolute Gasteiger partial charge is 0.478 e. The number of non-ortho nitro benzene ring substituents is 1. The Labute approximate surface area is 161 Å². The number of methoxy groups -OCH3 is 1. The van der Waals surface area contributed by atoms with Gasteiger partial charge in [-0.05, 0) is 17.5 Å². The van der Waals surface area contributed by atoms with Gasteiger partial charge in [0.2, 0.25) is 0 Å². The summed E-state index contributed by atoms with van der Waals surface area (Å²) in [7, 11) is 1.25. The number of amides is 1. The number of esters is 1. The maximum absolute atomic E-state index is 13.2. The van der Waals surface area contributed by atoms with Crippen molar-refractivity contribution in [3.05, 3.63) is 64.2 Å². The fourth-order valence-corrected chi connectivity index (χ4v) is 3.18. The van der Waals surface area contributed by atoms with E-state index in [0.717, 1.165) is 0 Å². The number of ether oxygens (including phenoxy) is 2. The third kappa shape index (κ3) is 3.40. The minimum absolute atomic E-state index is 0.162. The number of fused-ring (bicyclic) bond motifs is 1. The number of nitrogens with zero attached hydrogens (tertiary/aromatic N) is 2. The number of nitro groups is 1. The van der Waals surface area contributed by atoms with Crippen LogP contribution in [0.1, 0.15) is 25.5 Å². The zero-order valence-electron chi connectivity index (χ0n) is 15.7. The summed E-state index contributed by atoms with van der Waals surface area (Å²) in [5, 5.41) is 11.2. The first-order valence-corrected chi connectivity index (χ1v) is 8.76. The molecule has 1 aliphatic heterocycles. The zero-order chi connectivity index (χ0) is 20.4. The van der Waals surface area contributed by atoms with E-state index in [4.69, 9.17) is 9.47 Å². The summed E-state index contributed by atoms with van der Waals surface area (Å²) >= 11 is 0. The highest BCUT2D eigenvalue weighted by Gasteiger charge is 2.43. The van der Waals surface area contributed by atoms with Gasteiger partial charge in [-0.3, -0.25) is 19.8 Å². The first-order valence-electron chi connectivity index (χ1n) is 8.76. The van der Waals surface area contributed by atoms with Crippen LogP contribution in [0.5, 0.6) is 5.75 Å². The molecule has 0 N–H and O–H groups in total. The molecule has 3 rings (SSSR count). The van der Waals surface area contributed by atoms with E-state index in [-0.39, 0.29) is 23.0 Å². The number of carbonyl (C=O) groups excluding carboxylic acids is 2. The van der Waals surface area contributed by atoms with Crippen molar-refractivity contribution < 1.29 is 24.0 Å². The van der Waals surface area contributed by atoms with Crippen molar-refractivity contribution in [2.45, 2.75) is 26.0 Å². The van der Waals surface area contributed by atoms with Gasteiger partial charge in [0.15, 0.2) is 17.9 Å². The van der Waals surface area contributed by atoms with Crippen molar-refractivity contribution in [3.8, 4) is 5.75 Å². The quantitative estimate of drug-likeness (QED) is 0.446. The van der Waals surface area contributed by atoms with Gasteiger partial charge in [0, 0.05) is 6.07 Å². The normalized spacial score (nSPS) is 16.9. The standard InChI is InChI=1S/C20H20N2O6/c1-12(2)18-19(23)21(15-10-9-14(22(25)26)11-16(15)28-18)17(20(24)27-3)13-7-5-4-6-8-13/h4-12,17-18H,1-3H3. The Kier molecular flexibility index (Phi) is 5.30. The van der Waals surface area contributed by atoms with Gasteiger partial charge in [-0.1, -0.05) is 44.2 Å². The fourth-order valence-electron chi connectivity index (χ4n) is 3.18. The molecule has 2 aromatic carbocycles. The molecule has 0 saturated heterocycles. The van der Waals surface area contributed by atoms with Crippen LogP contribution in [0.15, 0.2) is 48.5 Å². The highest BCUT2D eigenvalue weighted by molar-refractivity contribution is 6.05. The Morgan fingerprint density at radius 2 is 1.89 bits per heavy atom. The Bertz CT molecular complexity index is 912. The predicted octanol–water partition coefficient (Wildman–Crippen LogP) is 3.26. The molecule has 2 atom stereocenters. The molecule has 0 bridgehead atoms. The van der Waals surface area contributed by atoms with Crippen molar-refractivity contribution in [1.29, 1.82) is 0 Å². The Hall–Kier alpha value is -3.42. The molecule has 8 nitrogen and oxygen atoms in total. The summed E-state index contributed by atoms with van der Waals surface area (Å²) in [6.07, 6.45) is -0.884. The third-order valence-corrected chi connectivity index (χ3v) is 4.55. The fraction of sp³-hybridized carbons (Fsp3) is 0.300. The Morgan fingerprint density at radius 1 is 1.21 bits per heavy atom. The number of hydrogen-bond acceptors (Lipinski definition) is 6. The zero-order valence-corrected chi connectivity index (χ0v) is 15.7.